The summed E-state index contributed by atoms with van der Waals surface area (Å²) in [7, 11) is 0. The number of hydrogen-bond donors (Lipinski definition) is 2. The molecule has 2 N–H and O–H groups in total. The van der Waals surface area contributed by atoms with Crippen molar-refractivity contribution in [1.29, 1.82) is 5.26 Å². The van der Waals surface area contributed by atoms with Gasteiger partial charge in [-0.1, -0.05) is 11.6 Å². The van der Waals surface area contributed by atoms with Crippen LogP contribution in [0.1, 0.15) is 47.1 Å². The van der Waals surface area contributed by atoms with Gasteiger partial charge in [0.25, 0.3) is 5.91 Å². The lowest BCUT2D eigenvalue weighted by molar-refractivity contribution is 0.0930. The van der Waals surface area contributed by atoms with Gasteiger partial charge in [0, 0.05) is 29.1 Å². The number of carbonyl (C=O) groups excluding carboxylic acids is 1. The van der Waals surface area contributed by atoms with E-state index in [9.17, 15) is 9.18 Å². The van der Waals surface area contributed by atoms with E-state index in [0.29, 0.717) is 23.5 Å². The van der Waals surface area contributed by atoms with E-state index < -0.39 is 5.82 Å². The van der Waals surface area contributed by atoms with Gasteiger partial charge in [0.15, 0.2) is 5.69 Å². The van der Waals surface area contributed by atoms with Crippen LogP contribution in [-0.4, -0.2) is 31.9 Å². The summed E-state index contributed by atoms with van der Waals surface area (Å²) in [6.07, 6.45) is 5.73. The molecule has 1 atom stereocenters. The van der Waals surface area contributed by atoms with Crippen LogP contribution in [0.15, 0.2) is 24.4 Å². The average Bonchev–Trinajstić information content (AvgIpc) is 3.34. The van der Waals surface area contributed by atoms with Crippen molar-refractivity contribution in [3.63, 3.8) is 0 Å². The van der Waals surface area contributed by atoms with Crippen LogP contribution in [0.5, 0.6) is 0 Å². The maximum atomic E-state index is 14.0. The van der Waals surface area contributed by atoms with Gasteiger partial charge >= 0.3 is 0 Å². The zero-order valence-corrected chi connectivity index (χ0v) is 17.1. The van der Waals surface area contributed by atoms with Crippen LogP contribution in [0.4, 0.5) is 4.39 Å². The second-order valence-electron chi connectivity index (χ2n) is 7.46. The lowest BCUT2D eigenvalue weighted by Crippen LogP contribution is -2.36. The Morgan fingerprint density at radius 1 is 1.43 bits per heavy atom. The van der Waals surface area contributed by atoms with E-state index in [-0.39, 0.29) is 22.5 Å². The van der Waals surface area contributed by atoms with Crippen molar-refractivity contribution in [2.75, 3.05) is 0 Å². The van der Waals surface area contributed by atoms with Crippen molar-refractivity contribution in [3.05, 3.63) is 57.8 Å². The molecule has 7 nitrogen and oxygen atoms in total. The fourth-order valence-electron chi connectivity index (χ4n) is 3.73. The third-order valence-electron chi connectivity index (χ3n) is 5.20. The molecular weight excluding hydrogens is 407 g/mol. The van der Waals surface area contributed by atoms with Crippen LogP contribution in [0.3, 0.4) is 0 Å². The molecule has 1 aromatic carbocycles. The molecule has 0 aliphatic heterocycles. The van der Waals surface area contributed by atoms with Crippen molar-refractivity contribution in [2.45, 2.75) is 45.2 Å². The number of H-pyrrole nitrogens is 1. The summed E-state index contributed by atoms with van der Waals surface area (Å²) < 4.78 is 15.7. The number of hydrogen-bond acceptors (Lipinski definition) is 4. The molecule has 4 rings (SSSR count). The summed E-state index contributed by atoms with van der Waals surface area (Å²) in [5.41, 5.74) is 3.38. The number of aromatic nitrogens is 4. The summed E-state index contributed by atoms with van der Waals surface area (Å²) in [4.78, 5) is 12.6. The van der Waals surface area contributed by atoms with E-state index in [1.165, 1.54) is 12.1 Å². The minimum absolute atomic E-state index is 0.0463. The zero-order valence-electron chi connectivity index (χ0n) is 16.4. The molecule has 9 heteroatoms. The second-order valence-corrected chi connectivity index (χ2v) is 7.87. The van der Waals surface area contributed by atoms with Crippen molar-refractivity contribution in [3.8, 4) is 17.3 Å². The number of nitrogens with one attached hydrogen (secondary N) is 2. The fraction of sp³-hybridized carbons (Fsp3) is 0.333. The van der Waals surface area contributed by atoms with Crippen LogP contribution in [0.2, 0.25) is 5.02 Å². The molecular formula is C21H20ClFN6O. The van der Waals surface area contributed by atoms with Gasteiger partial charge in [-0.05, 0) is 50.8 Å². The molecule has 0 spiro atoms. The van der Waals surface area contributed by atoms with E-state index in [1.54, 1.807) is 23.0 Å². The largest absolute Gasteiger partial charge is 0.346 e. The number of amides is 1. The minimum Gasteiger partial charge on any atom is -0.346 e. The Labute approximate surface area is 177 Å². The Kier molecular flexibility index (Phi) is 5.55. The maximum absolute atomic E-state index is 14.0. The van der Waals surface area contributed by atoms with Gasteiger partial charge in [-0.3, -0.25) is 14.6 Å². The lowest BCUT2D eigenvalue weighted by Gasteiger charge is -2.15. The molecule has 0 unspecified atom stereocenters. The van der Waals surface area contributed by atoms with E-state index in [0.717, 1.165) is 36.9 Å². The second kappa shape index (κ2) is 8.28. The van der Waals surface area contributed by atoms with Crippen LogP contribution in [0.25, 0.3) is 11.3 Å². The van der Waals surface area contributed by atoms with Crippen molar-refractivity contribution < 1.29 is 9.18 Å². The predicted octanol–water partition coefficient (Wildman–Crippen LogP) is 3.63. The van der Waals surface area contributed by atoms with Crippen LogP contribution >= 0.6 is 11.6 Å². The smallest absolute Gasteiger partial charge is 0.272 e. The normalized spacial score (nSPS) is 14.1. The first kappa shape index (κ1) is 20.1. The first-order valence-corrected chi connectivity index (χ1v) is 10.1. The van der Waals surface area contributed by atoms with Crippen LogP contribution < -0.4 is 5.32 Å². The topological polar surface area (TPSA) is 99.4 Å². The number of nitriles is 1. The third kappa shape index (κ3) is 3.94. The predicted molar refractivity (Wildman–Crippen MR) is 110 cm³/mol. The van der Waals surface area contributed by atoms with Gasteiger partial charge in [0.05, 0.1) is 17.3 Å². The highest BCUT2D eigenvalue weighted by molar-refractivity contribution is 6.32. The van der Waals surface area contributed by atoms with Crippen LogP contribution in [0, 0.1) is 17.1 Å². The van der Waals surface area contributed by atoms with Gasteiger partial charge in [-0.15, -0.1) is 0 Å². The number of fused-ring (bicyclic) bond motifs is 1. The quantitative estimate of drug-likeness (QED) is 0.650. The number of nitrogens with zero attached hydrogens (tertiary/aromatic N) is 4. The number of aromatic amines is 1. The molecule has 1 aliphatic rings. The Bertz CT molecular complexity index is 1120. The molecule has 30 heavy (non-hydrogen) atoms. The molecule has 2 aromatic heterocycles. The minimum atomic E-state index is -0.683. The van der Waals surface area contributed by atoms with Gasteiger partial charge in [-0.25, -0.2) is 4.39 Å². The Morgan fingerprint density at radius 2 is 2.23 bits per heavy atom. The molecule has 0 saturated carbocycles. The third-order valence-corrected chi connectivity index (χ3v) is 5.50. The number of rotatable bonds is 5. The van der Waals surface area contributed by atoms with Gasteiger partial charge in [0.1, 0.15) is 17.4 Å². The van der Waals surface area contributed by atoms with Crippen LogP contribution in [-0.2, 0) is 19.4 Å². The summed E-state index contributed by atoms with van der Waals surface area (Å²) in [6.45, 7) is 2.32. The molecule has 0 saturated heterocycles. The Balaban J connectivity index is 1.43. The molecule has 2 heterocycles. The van der Waals surface area contributed by atoms with Crippen molar-refractivity contribution >= 4 is 17.5 Å². The lowest BCUT2D eigenvalue weighted by atomic mass is 9.96. The Morgan fingerprint density at radius 3 is 3.00 bits per heavy atom. The van der Waals surface area contributed by atoms with Crippen molar-refractivity contribution in [2.24, 2.45) is 0 Å². The van der Waals surface area contributed by atoms with Gasteiger partial charge in [0.2, 0.25) is 0 Å². The van der Waals surface area contributed by atoms with Crippen molar-refractivity contribution in [1.82, 2.24) is 25.3 Å². The summed E-state index contributed by atoms with van der Waals surface area (Å²) in [6, 6.07) is 6.04. The van der Waals surface area contributed by atoms with E-state index in [4.69, 9.17) is 16.9 Å². The standard InChI is InChI=1S/C21H20ClFN6O/c1-12(25-21(30)20-14-4-2-3-5-19(14)26-27-20)11-29-7-6-18(28-29)13-8-16(22)15(10-24)17(23)9-13/h6-9,12H,2-5,11H2,1H3,(H,25,30)(H,26,27)/t12-/m0/s1. The molecule has 3 aromatic rings. The summed E-state index contributed by atoms with van der Waals surface area (Å²) in [5.74, 6) is -0.882. The zero-order chi connectivity index (χ0) is 21.3. The number of carbonyl (C=O) groups is 1. The molecule has 0 fully saturated rings. The highest BCUT2D eigenvalue weighted by Gasteiger charge is 2.22. The highest BCUT2D eigenvalue weighted by Crippen LogP contribution is 2.27. The molecule has 1 aliphatic carbocycles. The maximum Gasteiger partial charge on any atom is 0.272 e. The SMILES string of the molecule is C[C@@H](Cn1ccc(-c2cc(F)c(C#N)c(Cl)c2)n1)NC(=O)c1n[nH]c2c1CCCC2. The molecule has 0 radical (unpaired) electrons. The fourth-order valence-corrected chi connectivity index (χ4v) is 3.98. The first-order chi connectivity index (χ1) is 14.5. The number of halogens is 2. The molecule has 0 bridgehead atoms. The number of benzene rings is 1. The Hall–Kier alpha value is -3.18. The first-order valence-electron chi connectivity index (χ1n) is 9.76. The molecule has 1 amide bonds. The highest BCUT2D eigenvalue weighted by atomic mass is 35.5. The van der Waals surface area contributed by atoms with Gasteiger partial charge < -0.3 is 5.32 Å². The summed E-state index contributed by atoms with van der Waals surface area (Å²) in [5, 5.41) is 23.6. The number of aryl methyl sites for hydroxylation is 1. The monoisotopic (exact) mass is 426 g/mol. The van der Waals surface area contributed by atoms with E-state index in [1.807, 2.05) is 6.92 Å². The van der Waals surface area contributed by atoms with E-state index >= 15 is 0 Å². The van der Waals surface area contributed by atoms with E-state index in [2.05, 4.69) is 20.6 Å². The summed E-state index contributed by atoms with van der Waals surface area (Å²) >= 11 is 5.98. The molecule has 154 valence electrons. The average molecular weight is 427 g/mol. The van der Waals surface area contributed by atoms with Gasteiger partial charge in [-0.2, -0.15) is 15.5 Å².